The largest absolute Gasteiger partial charge is 0.389 e. The Kier molecular flexibility index (Phi) is 3.71. The summed E-state index contributed by atoms with van der Waals surface area (Å²) < 4.78 is 28.2. The molecule has 0 amide bonds. The average molecular weight is 280 g/mol. The van der Waals surface area contributed by atoms with E-state index in [9.17, 15) is 13.6 Å². The molecule has 1 aromatic heterocycles. The molecule has 2 rings (SSSR count). The quantitative estimate of drug-likeness (QED) is 0.872. The molecule has 0 aliphatic rings. The molecule has 0 radical (unpaired) electrons. The highest BCUT2D eigenvalue weighted by Crippen LogP contribution is 2.12. The maximum Gasteiger partial charge on any atom is 0.261 e. The van der Waals surface area contributed by atoms with Gasteiger partial charge in [0.2, 0.25) is 0 Å². The molecule has 0 aliphatic carbocycles. The Bertz CT molecular complexity index is 677. The summed E-state index contributed by atoms with van der Waals surface area (Å²) in [6.45, 7) is -0.214. The third-order valence-corrected chi connectivity index (χ3v) is 2.90. The number of hydrogen-bond acceptors (Lipinski definition) is 2. The Labute approximate surface area is 113 Å². The summed E-state index contributed by atoms with van der Waals surface area (Å²) in [5, 5.41) is 0. The van der Waals surface area contributed by atoms with Crippen molar-refractivity contribution in [3.8, 4) is 0 Å². The van der Waals surface area contributed by atoms with Gasteiger partial charge in [0.15, 0.2) is 0 Å². The predicted molar refractivity (Wildman–Crippen MR) is 72.0 cm³/mol. The zero-order valence-electron chi connectivity index (χ0n) is 9.77. The maximum atomic E-state index is 13.5. The van der Waals surface area contributed by atoms with Crippen LogP contribution in [-0.4, -0.2) is 9.56 Å². The highest BCUT2D eigenvalue weighted by atomic mass is 32.1. The summed E-state index contributed by atoms with van der Waals surface area (Å²) in [5.74, 6) is -1.40. The van der Waals surface area contributed by atoms with E-state index in [4.69, 9.17) is 18.0 Å². The fourth-order valence-corrected chi connectivity index (χ4v) is 1.86. The molecule has 1 heterocycles. The van der Waals surface area contributed by atoms with Crippen LogP contribution in [0.15, 0.2) is 41.3 Å². The summed E-state index contributed by atoms with van der Waals surface area (Å²) in [6.07, 6.45) is 1.43. The van der Waals surface area contributed by atoms with Crippen molar-refractivity contribution in [2.75, 3.05) is 0 Å². The fourth-order valence-electron chi connectivity index (χ4n) is 1.70. The van der Waals surface area contributed by atoms with Crippen LogP contribution in [0.3, 0.4) is 0 Å². The summed E-state index contributed by atoms with van der Waals surface area (Å²) in [5.41, 5.74) is 4.90. The molecule has 0 unspecified atom stereocenters. The van der Waals surface area contributed by atoms with Gasteiger partial charge < -0.3 is 10.3 Å². The molecule has 19 heavy (non-hydrogen) atoms. The molecule has 0 bridgehead atoms. The van der Waals surface area contributed by atoms with Gasteiger partial charge in [0.1, 0.15) is 16.6 Å². The van der Waals surface area contributed by atoms with Crippen LogP contribution in [0.1, 0.15) is 11.1 Å². The van der Waals surface area contributed by atoms with Crippen LogP contribution < -0.4 is 11.3 Å². The Morgan fingerprint density at radius 1 is 1.21 bits per heavy atom. The lowest BCUT2D eigenvalue weighted by atomic mass is 10.2. The van der Waals surface area contributed by atoms with Crippen molar-refractivity contribution < 1.29 is 8.78 Å². The summed E-state index contributed by atoms with van der Waals surface area (Å²) >= 11 is 4.74. The molecule has 0 saturated heterocycles. The van der Waals surface area contributed by atoms with E-state index in [2.05, 4.69) is 0 Å². The van der Waals surface area contributed by atoms with Gasteiger partial charge in [-0.25, -0.2) is 8.78 Å². The highest BCUT2D eigenvalue weighted by molar-refractivity contribution is 7.80. The lowest BCUT2D eigenvalue weighted by Crippen LogP contribution is -2.29. The van der Waals surface area contributed by atoms with E-state index >= 15 is 0 Å². The molecular formula is C13H10F2N2OS. The molecule has 1 aromatic carbocycles. The van der Waals surface area contributed by atoms with E-state index in [0.29, 0.717) is 0 Å². The number of thiocarbonyl (C=S) groups is 1. The van der Waals surface area contributed by atoms with Crippen molar-refractivity contribution in [3.63, 3.8) is 0 Å². The topological polar surface area (TPSA) is 48.0 Å². The van der Waals surface area contributed by atoms with Gasteiger partial charge in [0, 0.05) is 11.8 Å². The van der Waals surface area contributed by atoms with Crippen molar-refractivity contribution >= 4 is 17.2 Å². The van der Waals surface area contributed by atoms with Crippen LogP contribution in [0, 0.1) is 11.6 Å². The second-order valence-corrected chi connectivity index (χ2v) is 4.36. The summed E-state index contributed by atoms with van der Waals surface area (Å²) in [7, 11) is 0. The normalized spacial score (nSPS) is 10.4. The molecule has 3 nitrogen and oxygen atoms in total. The molecule has 0 fully saturated rings. The summed E-state index contributed by atoms with van der Waals surface area (Å²) in [4.78, 5) is 11.9. The van der Waals surface area contributed by atoms with Crippen molar-refractivity contribution in [2.45, 2.75) is 6.54 Å². The number of hydrogen-bond donors (Lipinski definition) is 1. The predicted octanol–water partition coefficient (Wildman–Crippen LogP) is 1.81. The van der Waals surface area contributed by atoms with Crippen LogP contribution in [0.4, 0.5) is 8.78 Å². The first-order chi connectivity index (χ1) is 9.00. The Morgan fingerprint density at radius 2 is 1.84 bits per heavy atom. The monoisotopic (exact) mass is 280 g/mol. The fraction of sp³-hybridized carbons (Fsp3) is 0.0769. The SMILES string of the molecule is NC(=S)c1cccn(Cc2c(F)cccc2F)c1=O. The van der Waals surface area contributed by atoms with Crippen LogP contribution in [0.2, 0.25) is 0 Å². The van der Waals surface area contributed by atoms with Gasteiger partial charge in [0.25, 0.3) is 5.56 Å². The van der Waals surface area contributed by atoms with Gasteiger partial charge in [-0.2, -0.15) is 0 Å². The van der Waals surface area contributed by atoms with Crippen molar-refractivity contribution in [3.05, 3.63) is 69.6 Å². The molecule has 98 valence electrons. The number of nitrogens with two attached hydrogens (primary N) is 1. The van der Waals surface area contributed by atoms with Gasteiger partial charge >= 0.3 is 0 Å². The molecule has 0 aliphatic heterocycles. The Hall–Kier alpha value is -2.08. The van der Waals surface area contributed by atoms with Crippen molar-refractivity contribution in [1.29, 1.82) is 0 Å². The number of aromatic nitrogens is 1. The highest BCUT2D eigenvalue weighted by Gasteiger charge is 2.11. The van der Waals surface area contributed by atoms with Gasteiger partial charge in [-0.3, -0.25) is 4.79 Å². The second-order valence-electron chi connectivity index (χ2n) is 3.92. The van der Waals surface area contributed by atoms with E-state index < -0.39 is 17.2 Å². The van der Waals surface area contributed by atoms with Crippen molar-refractivity contribution in [2.24, 2.45) is 5.73 Å². The number of nitrogens with zero attached hydrogens (tertiary/aromatic N) is 1. The minimum Gasteiger partial charge on any atom is -0.389 e. The first-order valence-electron chi connectivity index (χ1n) is 5.43. The van der Waals surface area contributed by atoms with E-state index in [1.165, 1.54) is 18.3 Å². The van der Waals surface area contributed by atoms with Crippen LogP contribution in [0.5, 0.6) is 0 Å². The van der Waals surface area contributed by atoms with Crippen LogP contribution in [0.25, 0.3) is 0 Å². The van der Waals surface area contributed by atoms with Gasteiger partial charge in [-0.05, 0) is 24.3 Å². The minimum absolute atomic E-state index is 0.0478. The maximum absolute atomic E-state index is 13.5. The number of halogens is 2. The zero-order chi connectivity index (χ0) is 14.0. The molecule has 6 heteroatoms. The first-order valence-corrected chi connectivity index (χ1v) is 5.83. The number of benzene rings is 1. The lowest BCUT2D eigenvalue weighted by Gasteiger charge is -2.09. The molecular weight excluding hydrogens is 270 g/mol. The van der Waals surface area contributed by atoms with E-state index in [0.717, 1.165) is 16.7 Å². The molecule has 2 N–H and O–H groups in total. The third-order valence-electron chi connectivity index (χ3n) is 2.68. The Morgan fingerprint density at radius 3 is 2.42 bits per heavy atom. The number of pyridine rings is 1. The summed E-state index contributed by atoms with van der Waals surface area (Å²) in [6, 6.07) is 6.57. The zero-order valence-corrected chi connectivity index (χ0v) is 10.6. The van der Waals surface area contributed by atoms with E-state index in [1.807, 2.05) is 0 Å². The van der Waals surface area contributed by atoms with Crippen molar-refractivity contribution in [1.82, 2.24) is 4.57 Å². The van der Waals surface area contributed by atoms with Gasteiger partial charge in [-0.15, -0.1) is 0 Å². The van der Waals surface area contributed by atoms with Gasteiger partial charge in [0.05, 0.1) is 12.1 Å². The molecule has 0 saturated carbocycles. The number of rotatable bonds is 3. The van der Waals surface area contributed by atoms with Gasteiger partial charge in [-0.1, -0.05) is 18.3 Å². The lowest BCUT2D eigenvalue weighted by molar-refractivity contribution is 0.541. The minimum atomic E-state index is -0.701. The Balaban J connectivity index is 2.48. The van der Waals surface area contributed by atoms with E-state index in [-0.39, 0.29) is 22.7 Å². The third kappa shape index (κ3) is 2.68. The standard InChI is InChI=1S/C13H10F2N2OS/c14-10-4-1-5-11(15)9(10)7-17-6-2-3-8(12(16)19)13(17)18/h1-6H,7H2,(H2,16,19). The molecule has 0 atom stereocenters. The van der Waals surface area contributed by atoms with Crippen LogP contribution >= 0.6 is 12.2 Å². The van der Waals surface area contributed by atoms with Crippen LogP contribution in [-0.2, 0) is 6.54 Å². The van der Waals surface area contributed by atoms with E-state index in [1.54, 1.807) is 6.07 Å². The smallest absolute Gasteiger partial charge is 0.261 e. The average Bonchev–Trinajstić information content (AvgIpc) is 2.35. The second kappa shape index (κ2) is 5.27. The first kappa shape index (κ1) is 13.4. The molecule has 0 spiro atoms. The molecule has 2 aromatic rings.